The third-order valence-corrected chi connectivity index (χ3v) is 13.4. The first kappa shape index (κ1) is 33.0. The molecule has 354 valence electrons. The minimum atomic E-state index is -3.93. The van der Waals surface area contributed by atoms with Crippen molar-refractivity contribution in [2.75, 3.05) is 0 Å². The van der Waals surface area contributed by atoms with Gasteiger partial charge < -0.3 is 5.11 Å². The second-order valence-corrected chi connectivity index (χ2v) is 20.9. The number of benzene rings is 6. The number of pyridine rings is 1. The molecule has 0 saturated carbocycles. The topological polar surface area (TPSA) is 50.9 Å². The summed E-state index contributed by atoms with van der Waals surface area (Å²) in [4.78, 5) is 9.94. The fraction of sp³-hybridized carbons (Fsp3) is 0.333. The number of fused-ring (bicyclic) bond motifs is 1. The van der Waals surface area contributed by atoms with Crippen LogP contribution in [0.15, 0.2) is 133 Å². The van der Waals surface area contributed by atoms with Crippen molar-refractivity contribution in [1.82, 2.24) is 14.5 Å². The van der Waals surface area contributed by atoms with Crippen LogP contribution in [-0.2, 0) is 37.3 Å². The van der Waals surface area contributed by atoms with Gasteiger partial charge in [-0.3, -0.25) is 9.55 Å². The molecule has 2 heterocycles. The number of hydrogen-bond donors (Lipinski definition) is 1. The molecule has 0 amide bonds. The molecule has 0 atom stereocenters. The summed E-state index contributed by atoms with van der Waals surface area (Å²) in [5, 5.41) is 12.5. The molecule has 8 aromatic rings. The van der Waals surface area contributed by atoms with E-state index in [4.69, 9.17) is 22.8 Å². The Morgan fingerprint density at radius 3 is 1.96 bits per heavy atom. The molecule has 0 unspecified atom stereocenters. The van der Waals surface area contributed by atoms with Gasteiger partial charge in [-0.05, 0) is 103 Å². The molecular formula is C63H70N3OPt-. The molecule has 2 aromatic heterocycles. The van der Waals surface area contributed by atoms with E-state index in [-0.39, 0.29) is 60.7 Å². The van der Waals surface area contributed by atoms with Gasteiger partial charge in [-0.15, -0.1) is 29.3 Å². The normalized spacial score (nSPS) is 16.5. The van der Waals surface area contributed by atoms with Crippen molar-refractivity contribution in [2.24, 2.45) is 5.41 Å². The number of aromatic hydroxyl groups is 1. The Hall–Kier alpha value is -5.57. The van der Waals surface area contributed by atoms with E-state index in [1.807, 2.05) is 89.2 Å². The predicted octanol–water partition coefficient (Wildman–Crippen LogP) is 17.4. The van der Waals surface area contributed by atoms with Crippen molar-refractivity contribution in [2.45, 2.75) is 132 Å². The number of phenols is 1. The van der Waals surface area contributed by atoms with E-state index in [9.17, 15) is 9.22 Å². The van der Waals surface area contributed by atoms with Gasteiger partial charge in [0.25, 0.3) is 0 Å². The fourth-order valence-corrected chi connectivity index (χ4v) is 8.24. The molecule has 5 heteroatoms. The zero-order valence-electron chi connectivity index (χ0n) is 56.9. The summed E-state index contributed by atoms with van der Waals surface area (Å²) in [5.74, 6) is 0.590. The Labute approximate surface area is 444 Å². The molecule has 0 aliphatic heterocycles. The Morgan fingerprint density at radius 1 is 0.632 bits per heavy atom. The summed E-state index contributed by atoms with van der Waals surface area (Å²) in [7, 11) is 0. The number of aromatic nitrogens is 3. The molecule has 8 rings (SSSR count). The SMILES string of the molecule is [2H]c1nc(-c2[c-]c(-c3cccc4c3nc(-c3cc(C(C)C)cc(C(C)C)c3O)n4-c3ccc(C(C)(C)C(C)(C)C)cc3-c3ccccc3)cc(C(C)(C)C)c2)c([2H])c(-c2c([2H])c([2H])c(C(C([2H])([2H])[2H])(C([2H])([2H])[2H])C([2H])([2H])[2H])c([2H])c2[2H])c1[2H].[Pt]. The number of phenolic OH excluding ortho intramolecular Hbond substituents is 1. The van der Waals surface area contributed by atoms with Crippen LogP contribution in [0.4, 0.5) is 0 Å². The van der Waals surface area contributed by atoms with Gasteiger partial charge in [0.2, 0.25) is 0 Å². The molecule has 0 radical (unpaired) electrons. The van der Waals surface area contributed by atoms with Crippen molar-refractivity contribution >= 4 is 11.0 Å². The van der Waals surface area contributed by atoms with Crippen LogP contribution in [0.2, 0.25) is 0 Å². The molecule has 6 aromatic carbocycles. The summed E-state index contributed by atoms with van der Waals surface area (Å²) >= 11 is 0. The maximum absolute atomic E-state index is 12.5. The Morgan fingerprint density at radius 2 is 1.32 bits per heavy atom. The Bertz CT molecular complexity index is 3800. The molecule has 68 heavy (non-hydrogen) atoms. The van der Waals surface area contributed by atoms with Gasteiger partial charge in [0.15, 0.2) is 0 Å². The quantitative estimate of drug-likeness (QED) is 0.147. The maximum atomic E-state index is 12.5. The molecule has 0 saturated heterocycles. The summed E-state index contributed by atoms with van der Waals surface area (Å²) in [6.07, 6.45) is -0.745. The zero-order chi connectivity index (χ0) is 62.0. The van der Waals surface area contributed by atoms with E-state index in [0.29, 0.717) is 39.1 Å². The van der Waals surface area contributed by atoms with Crippen LogP contribution in [-0.4, -0.2) is 19.6 Å². The molecule has 0 bridgehead atoms. The van der Waals surface area contributed by atoms with Gasteiger partial charge in [-0.1, -0.05) is 200 Å². The first-order valence-electron chi connectivity index (χ1n) is 30.9. The van der Waals surface area contributed by atoms with Gasteiger partial charge in [0.05, 0.1) is 31.9 Å². The van der Waals surface area contributed by atoms with E-state index in [2.05, 4.69) is 94.4 Å². The third-order valence-electron chi connectivity index (χ3n) is 13.4. The van der Waals surface area contributed by atoms with Crippen LogP contribution in [0, 0.1) is 11.5 Å². The van der Waals surface area contributed by atoms with Gasteiger partial charge >= 0.3 is 0 Å². The van der Waals surface area contributed by atoms with Crippen LogP contribution >= 0.6 is 0 Å². The van der Waals surface area contributed by atoms with E-state index in [1.165, 1.54) is 0 Å². The van der Waals surface area contributed by atoms with E-state index >= 15 is 0 Å². The van der Waals surface area contributed by atoms with E-state index in [1.54, 1.807) is 6.07 Å². The van der Waals surface area contributed by atoms with Crippen LogP contribution in [0.3, 0.4) is 0 Å². The number of hydrogen-bond acceptors (Lipinski definition) is 3. The van der Waals surface area contributed by atoms with Crippen LogP contribution in [0.25, 0.3) is 72.7 Å². The summed E-state index contributed by atoms with van der Waals surface area (Å²) in [6, 6.07) is 27.2. The second-order valence-electron chi connectivity index (χ2n) is 20.9. The van der Waals surface area contributed by atoms with Crippen molar-refractivity contribution in [3.05, 3.63) is 167 Å². The van der Waals surface area contributed by atoms with Gasteiger partial charge in [0.1, 0.15) is 11.6 Å². The van der Waals surface area contributed by atoms with Crippen molar-refractivity contribution in [3.63, 3.8) is 0 Å². The molecule has 0 spiro atoms. The summed E-state index contributed by atoms with van der Waals surface area (Å²) < 4.78 is 141. The number of rotatable bonds is 9. The van der Waals surface area contributed by atoms with Crippen LogP contribution in [0.1, 0.15) is 165 Å². The molecule has 0 aliphatic carbocycles. The van der Waals surface area contributed by atoms with Crippen molar-refractivity contribution in [3.8, 4) is 67.5 Å². The maximum Gasteiger partial charge on any atom is 0.148 e. The van der Waals surface area contributed by atoms with Crippen molar-refractivity contribution < 1.29 is 48.1 Å². The molecule has 0 aliphatic rings. The smallest absolute Gasteiger partial charge is 0.148 e. The average molecular weight is 1100 g/mol. The number of nitrogens with zero attached hydrogens (tertiary/aromatic N) is 3. The van der Waals surface area contributed by atoms with Crippen LogP contribution < -0.4 is 0 Å². The third kappa shape index (κ3) is 9.69. The number of para-hydroxylation sites is 1. The van der Waals surface area contributed by atoms with Crippen LogP contribution in [0.5, 0.6) is 5.75 Å². The Kier molecular flexibility index (Phi) is 9.10. The monoisotopic (exact) mass is 1100 g/mol. The van der Waals surface area contributed by atoms with Crippen molar-refractivity contribution in [1.29, 1.82) is 0 Å². The minimum Gasteiger partial charge on any atom is -0.507 e. The average Bonchev–Trinajstić information content (AvgIpc) is 0.771. The molecule has 0 fully saturated rings. The van der Waals surface area contributed by atoms with Gasteiger partial charge in [0, 0.05) is 50.8 Å². The number of imidazole rings is 1. The molecule has 4 nitrogen and oxygen atoms in total. The van der Waals surface area contributed by atoms with E-state index < -0.39 is 90.5 Å². The summed E-state index contributed by atoms with van der Waals surface area (Å²) in [6.45, 7) is 13.6. The van der Waals surface area contributed by atoms with E-state index in [0.717, 1.165) is 33.5 Å². The summed E-state index contributed by atoms with van der Waals surface area (Å²) in [5.41, 5.74) is 1.22. The molecule has 1 N–H and O–H groups in total. The fourth-order valence-electron chi connectivity index (χ4n) is 8.24. The zero-order valence-corrected chi connectivity index (χ0v) is 43.2. The predicted molar refractivity (Wildman–Crippen MR) is 285 cm³/mol. The molecular weight excluding hydrogens is 1010 g/mol. The first-order valence-corrected chi connectivity index (χ1v) is 22.9. The Balaban J connectivity index is 0.0000101. The first-order chi connectivity index (χ1) is 38.1. The minimum absolute atomic E-state index is 0. The van der Waals surface area contributed by atoms with Gasteiger partial charge in [-0.2, -0.15) is 0 Å². The second kappa shape index (κ2) is 18.7. The standard InChI is InChI=1S/C63H70N3O.Pt/c1-39(2)44-35-51(40(3)4)58(67)53(36-44)59-65-57-50(22-19-23-56(57)66(59)55-29-28-48(63(14,15)62(11,12)13)38-52(55)42-20-17-16-18-21-42)45-32-46(34-49(33-45)61(8,9)10)54-37-43(30-31-64-54)41-24-26-47(27-25-41)60(5,6)7;/h16-31,33-40,67H,1-15H3;/q-1;/i5D3,6D3,7D3,24D,25D,26D,27D,30D,31D,37D;. The van der Waals surface area contributed by atoms with Gasteiger partial charge in [-0.25, -0.2) is 4.98 Å². The largest absolute Gasteiger partial charge is 0.507 e.